The fraction of sp³-hybridized carbons (Fsp3) is 0.318. The number of hydrogen-bond acceptors (Lipinski definition) is 3. The number of aryl methyl sites for hydroxylation is 1. The van der Waals surface area contributed by atoms with Crippen LogP contribution in [0.2, 0.25) is 0 Å². The molecule has 1 aromatic carbocycles. The number of ketones is 1. The van der Waals surface area contributed by atoms with E-state index in [1.807, 2.05) is 12.3 Å². The summed E-state index contributed by atoms with van der Waals surface area (Å²) in [5.74, 6) is -0.365. The van der Waals surface area contributed by atoms with Crippen LogP contribution in [0.5, 0.6) is 0 Å². The summed E-state index contributed by atoms with van der Waals surface area (Å²) in [6.45, 7) is 0.568. The molecule has 0 fully saturated rings. The van der Waals surface area contributed by atoms with Crippen molar-refractivity contribution in [2.45, 2.75) is 43.7 Å². The number of halogens is 2. The second kappa shape index (κ2) is 7.64. The lowest BCUT2D eigenvalue weighted by Crippen LogP contribution is -2.44. The van der Waals surface area contributed by atoms with E-state index in [9.17, 15) is 19.1 Å². The van der Waals surface area contributed by atoms with Crippen LogP contribution in [0, 0.1) is 5.82 Å². The zero-order valence-corrected chi connectivity index (χ0v) is 18.0. The molecule has 31 heavy (non-hydrogen) atoms. The molecular weight excluding hydrogens is 467 g/mol. The number of carbonyl (C=O) groups excluding carboxylic acids is 1. The molecule has 0 spiro atoms. The smallest absolute Gasteiger partial charge is 0.404 e. The molecule has 3 heterocycles. The van der Waals surface area contributed by atoms with Gasteiger partial charge in [0.15, 0.2) is 0 Å². The van der Waals surface area contributed by atoms with Gasteiger partial charge in [-0.25, -0.2) is 14.2 Å². The molecule has 1 unspecified atom stereocenters. The summed E-state index contributed by atoms with van der Waals surface area (Å²) < 4.78 is 16.4. The predicted molar refractivity (Wildman–Crippen MR) is 114 cm³/mol. The highest BCUT2D eigenvalue weighted by Gasteiger charge is 2.41. The lowest BCUT2D eigenvalue weighted by Gasteiger charge is -2.31. The molecule has 3 atom stereocenters. The van der Waals surface area contributed by atoms with Crippen molar-refractivity contribution in [3.63, 3.8) is 0 Å². The Bertz CT molecular complexity index is 1190. The molecule has 1 amide bonds. The Labute approximate surface area is 185 Å². The van der Waals surface area contributed by atoms with Crippen LogP contribution in [-0.2, 0) is 17.8 Å². The van der Waals surface area contributed by atoms with Crippen molar-refractivity contribution in [2.24, 2.45) is 0 Å². The third-order valence-electron chi connectivity index (χ3n) is 6.25. The molecule has 9 heteroatoms. The third kappa shape index (κ3) is 3.56. The molecule has 1 aliphatic carbocycles. The maximum absolute atomic E-state index is 13.9. The van der Waals surface area contributed by atoms with E-state index in [2.05, 4.69) is 35.8 Å². The number of amides is 1. The van der Waals surface area contributed by atoms with Crippen LogP contribution in [-0.4, -0.2) is 37.6 Å². The second-order valence-electron chi connectivity index (χ2n) is 8.13. The summed E-state index contributed by atoms with van der Waals surface area (Å²) in [6.07, 6.45) is 4.11. The number of hydrogen-bond donors (Lipinski definition) is 3. The molecule has 2 aliphatic rings. The number of carboxylic acid groups (broad SMARTS) is 1. The standard InChI is InChI=1S/C22H20BrFN4O3/c23-14-3-1-12(7-15(14)24)17-9-25-21(26-17)13-8-18(29)19-16(27-22(30)31)4-2-11-5-6-28(10-13)20(11)19/h1,3,5-7,9,13,16,19,27H,2,4,8,10H2,(H,25,26)(H,30,31)/t13-,16-,19?/m0/s1. The zero-order valence-electron chi connectivity index (χ0n) is 16.4. The fourth-order valence-electron chi connectivity index (χ4n) is 4.85. The maximum atomic E-state index is 13.9. The number of nitrogens with zero attached hydrogens (tertiary/aromatic N) is 2. The van der Waals surface area contributed by atoms with Gasteiger partial charge in [0, 0.05) is 42.4 Å². The fourth-order valence-corrected chi connectivity index (χ4v) is 5.09. The number of imidazole rings is 1. The maximum Gasteiger partial charge on any atom is 0.404 e. The highest BCUT2D eigenvalue weighted by atomic mass is 79.9. The summed E-state index contributed by atoms with van der Waals surface area (Å²) in [4.78, 5) is 32.3. The van der Waals surface area contributed by atoms with E-state index in [4.69, 9.17) is 0 Å². The Morgan fingerprint density at radius 3 is 2.97 bits per heavy atom. The molecule has 1 aliphatic heterocycles. The Hall–Kier alpha value is -2.94. The lowest BCUT2D eigenvalue weighted by molar-refractivity contribution is -0.121. The van der Waals surface area contributed by atoms with E-state index >= 15 is 0 Å². The first kappa shape index (κ1) is 20.0. The molecule has 0 bridgehead atoms. The van der Waals surface area contributed by atoms with Gasteiger partial charge >= 0.3 is 6.09 Å². The quantitative estimate of drug-likeness (QED) is 0.516. The zero-order chi connectivity index (χ0) is 21.7. The molecule has 0 radical (unpaired) electrons. The number of H-pyrrole nitrogens is 1. The van der Waals surface area contributed by atoms with Crippen LogP contribution in [0.4, 0.5) is 9.18 Å². The molecule has 3 N–H and O–H groups in total. The highest BCUT2D eigenvalue weighted by molar-refractivity contribution is 9.10. The number of rotatable bonds is 3. The monoisotopic (exact) mass is 486 g/mol. The summed E-state index contributed by atoms with van der Waals surface area (Å²) in [6, 6.07) is 6.45. The Morgan fingerprint density at radius 1 is 1.35 bits per heavy atom. The van der Waals surface area contributed by atoms with Gasteiger partial charge in [-0.2, -0.15) is 0 Å². The van der Waals surface area contributed by atoms with Gasteiger partial charge in [0.05, 0.1) is 22.3 Å². The third-order valence-corrected chi connectivity index (χ3v) is 6.89. The number of aromatic nitrogens is 3. The minimum atomic E-state index is -1.11. The largest absolute Gasteiger partial charge is 0.465 e. The Kier molecular flexibility index (Phi) is 4.92. The van der Waals surface area contributed by atoms with E-state index in [-0.39, 0.29) is 23.9 Å². The average molecular weight is 487 g/mol. The lowest BCUT2D eigenvalue weighted by atomic mass is 9.79. The van der Waals surface area contributed by atoms with Gasteiger partial charge in [-0.05, 0) is 52.5 Å². The normalized spacial score (nSPS) is 22.6. The minimum Gasteiger partial charge on any atom is -0.465 e. The van der Waals surface area contributed by atoms with Crippen molar-refractivity contribution in [1.29, 1.82) is 0 Å². The van der Waals surface area contributed by atoms with Gasteiger partial charge in [-0.3, -0.25) is 4.79 Å². The van der Waals surface area contributed by atoms with Crippen molar-refractivity contribution in [3.05, 3.63) is 64.0 Å². The molecule has 0 saturated heterocycles. The summed E-state index contributed by atoms with van der Waals surface area (Å²) in [5, 5.41) is 11.8. The van der Waals surface area contributed by atoms with Crippen molar-refractivity contribution < 1.29 is 19.1 Å². The van der Waals surface area contributed by atoms with E-state index < -0.39 is 18.1 Å². The summed E-state index contributed by atoms with van der Waals surface area (Å²) in [5.41, 5.74) is 3.37. The minimum absolute atomic E-state index is 0.00906. The van der Waals surface area contributed by atoms with Gasteiger partial charge in [0.2, 0.25) is 0 Å². The van der Waals surface area contributed by atoms with Crippen molar-refractivity contribution in [1.82, 2.24) is 19.9 Å². The van der Waals surface area contributed by atoms with Crippen LogP contribution >= 0.6 is 15.9 Å². The van der Waals surface area contributed by atoms with E-state index in [0.717, 1.165) is 17.7 Å². The Morgan fingerprint density at radius 2 is 2.19 bits per heavy atom. The number of nitrogens with one attached hydrogen (secondary N) is 2. The first-order valence-corrected chi connectivity index (χ1v) is 10.9. The van der Waals surface area contributed by atoms with Gasteiger partial charge < -0.3 is 20.0 Å². The molecule has 5 rings (SSSR count). The van der Waals surface area contributed by atoms with Crippen molar-refractivity contribution in [2.75, 3.05) is 0 Å². The topological polar surface area (TPSA) is 100 Å². The van der Waals surface area contributed by atoms with Crippen LogP contribution in [0.3, 0.4) is 0 Å². The van der Waals surface area contributed by atoms with Crippen molar-refractivity contribution in [3.8, 4) is 11.3 Å². The first-order valence-electron chi connectivity index (χ1n) is 10.1. The van der Waals surface area contributed by atoms with Gasteiger partial charge in [0.25, 0.3) is 0 Å². The summed E-state index contributed by atoms with van der Waals surface area (Å²) in [7, 11) is 0. The molecule has 7 nitrogen and oxygen atoms in total. The molecule has 2 aromatic heterocycles. The molecule has 160 valence electrons. The second-order valence-corrected chi connectivity index (χ2v) is 8.98. The highest BCUT2D eigenvalue weighted by Crippen LogP contribution is 2.40. The number of Topliss-reactive ketones (excluding diaryl/α,β-unsaturated/α-hetero) is 1. The van der Waals surface area contributed by atoms with Crippen LogP contribution in [0.1, 0.15) is 41.8 Å². The van der Waals surface area contributed by atoms with Gasteiger partial charge in [-0.1, -0.05) is 6.07 Å². The average Bonchev–Trinajstić information content (AvgIpc) is 3.33. The Balaban J connectivity index is 1.47. The van der Waals surface area contributed by atoms with Gasteiger partial charge in [-0.15, -0.1) is 0 Å². The molecule has 3 aromatic rings. The molecular formula is C22H20BrFN4O3. The van der Waals surface area contributed by atoms with Crippen LogP contribution in [0.25, 0.3) is 11.3 Å². The first-order chi connectivity index (χ1) is 14.9. The summed E-state index contributed by atoms with van der Waals surface area (Å²) >= 11 is 3.16. The molecule has 0 saturated carbocycles. The van der Waals surface area contributed by atoms with E-state index in [1.54, 1.807) is 18.3 Å². The predicted octanol–water partition coefficient (Wildman–Crippen LogP) is 4.20. The van der Waals surface area contributed by atoms with E-state index in [0.29, 0.717) is 34.5 Å². The number of carbonyl (C=O) groups is 2. The SMILES string of the molecule is O=C(O)N[C@H]1CCc2ccn3c2C1C(=O)C[C@H](c1ncc(-c2ccc(Br)c(F)c2)[nH]1)C3. The van der Waals surface area contributed by atoms with Crippen molar-refractivity contribution >= 4 is 27.8 Å². The number of benzene rings is 1. The van der Waals surface area contributed by atoms with Gasteiger partial charge in [0.1, 0.15) is 17.4 Å². The number of aromatic amines is 1. The van der Waals surface area contributed by atoms with E-state index in [1.165, 1.54) is 6.07 Å². The van der Waals surface area contributed by atoms with Crippen LogP contribution in [0.15, 0.2) is 41.1 Å². The van der Waals surface area contributed by atoms with Crippen LogP contribution < -0.4 is 5.32 Å².